The van der Waals surface area contributed by atoms with Gasteiger partial charge in [0, 0.05) is 9.79 Å². The molecule has 0 aliphatic carbocycles. The van der Waals surface area contributed by atoms with E-state index in [4.69, 9.17) is 0 Å². The number of hydrogen-bond donors (Lipinski definition) is 0. The molecule has 4 nitrogen and oxygen atoms in total. The molecule has 7 heteroatoms. The largest absolute Gasteiger partial charge is 2.00 e. The third-order valence-electron chi connectivity index (χ3n) is 1.87. The summed E-state index contributed by atoms with van der Waals surface area (Å²) in [5.41, 5.74) is 0. The van der Waals surface area contributed by atoms with Gasteiger partial charge in [0.25, 0.3) is 0 Å². The Morgan fingerprint density at radius 3 is 1.05 bits per heavy atom. The van der Waals surface area contributed by atoms with Crippen LogP contribution in [0.1, 0.15) is 0 Å². The Kier molecular flexibility index (Phi) is 9.59. The summed E-state index contributed by atoms with van der Waals surface area (Å²) >= 11 is -4.16. The van der Waals surface area contributed by atoms with Gasteiger partial charge < -0.3 is 9.11 Å². The van der Waals surface area contributed by atoms with Crippen LogP contribution in [0.15, 0.2) is 70.5 Å². The standard InChI is InChI=1S/2C6H6O2S.Fe/c2*7-9(8)6-4-2-1-3-5-6;/h2*1-5H,(H,7,8);/q;;+2/p-2. The maximum atomic E-state index is 10.2. The van der Waals surface area contributed by atoms with Gasteiger partial charge in [-0.2, -0.15) is 0 Å². The molecular weight excluding hydrogens is 328 g/mol. The van der Waals surface area contributed by atoms with Crippen molar-refractivity contribution in [2.75, 3.05) is 0 Å². The molecule has 2 aromatic carbocycles. The van der Waals surface area contributed by atoms with Gasteiger partial charge in [-0.15, -0.1) is 0 Å². The molecule has 0 aromatic heterocycles. The van der Waals surface area contributed by atoms with Gasteiger partial charge in [-0.05, 0) is 46.4 Å². The molecule has 0 N–H and O–H groups in total. The average Bonchev–Trinajstić information content (AvgIpc) is 2.41. The maximum Gasteiger partial charge on any atom is 2.00 e. The molecular formula is C12H10FeO4S2. The summed E-state index contributed by atoms with van der Waals surface area (Å²) in [4.78, 5) is 0.662. The van der Waals surface area contributed by atoms with E-state index in [9.17, 15) is 17.5 Å². The van der Waals surface area contributed by atoms with Gasteiger partial charge in [-0.1, -0.05) is 36.4 Å². The van der Waals surface area contributed by atoms with Gasteiger partial charge in [0.15, 0.2) is 0 Å². The summed E-state index contributed by atoms with van der Waals surface area (Å²) in [6, 6.07) is 16.5. The molecule has 0 amide bonds. The van der Waals surface area contributed by atoms with Crippen molar-refractivity contribution in [1.29, 1.82) is 0 Å². The molecule has 2 rings (SSSR count). The van der Waals surface area contributed by atoms with E-state index in [-0.39, 0.29) is 17.1 Å². The summed E-state index contributed by atoms with van der Waals surface area (Å²) in [7, 11) is 0. The Hall–Kier alpha value is -0.821. The first-order valence-corrected chi connectivity index (χ1v) is 7.05. The molecule has 0 spiro atoms. The van der Waals surface area contributed by atoms with Crippen LogP contribution in [0.4, 0.5) is 0 Å². The first-order chi connectivity index (χ1) is 8.61. The van der Waals surface area contributed by atoms with Crippen molar-refractivity contribution in [3.63, 3.8) is 0 Å². The first-order valence-electron chi connectivity index (χ1n) is 4.90. The van der Waals surface area contributed by atoms with Crippen LogP contribution in [0, 0.1) is 0 Å². The predicted molar refractivity (Wildman–Crippen MR) is 67.3 cm³/mol. The van der Waals surface area contributed by atoms with Crippen LogP contribution < -0.4 is 0 Å². The van der Waals surface area contributed by atoms with Crippen LogP contribution in [0.25, 0.3) is 0 Å². The van der Waals surface area contributed by atoms with E-state index in [2.05, 4.69) is 0 Å². The zero-order valence-corrected chi connectivity index (χ0v) is 12.3. The first kappa shape index (κ1) is 18.2. The molecule has 102 valence electrons. The normalized spacial score (nSPS) is 12.3. The summed E-state index contributed by atoms with van der Waals surface area (Å²) in [6.45, 7) is 0. The van der Waals surface area contributed by atoms with Gasteiger partial charge in [0.1, 0.15) is 0 Å². The molecule has 0 radical (unpaired) electrons. The van der Waals surface area contributed by atoms with E-state index < -0.39 is 22.2 Å². The SMILES string of the molecule is O=S([O-])c1ccccc1.O=S([O-])c1ccccc1.[Fe+2]. The predicted octanol–water partition coefficient (Wildman–Crippen LogP) is 1.85. The van der Waals surface area contributed by atoms with Crippen molar-refractivity contribution in [2.45, 2.75) is 9.79 Å². The molecule has 2 unspecified atom stereocenters. The Labute approximate surface area is 127 Å². The number of rotatable bonds is 2. The smallest absolute Gasteiger partial charge is 0.768 e. The molecule has 2 atom stereocenters. The Morgan fingerprint density at radius 2 is 0.895 bits per heavy atom. The molecule has 0 aliphatic rings. The number of benzene rings is 2. The van der Waals surface area contributed by atoms with Gasteiger partial charge in [0.05, 0.1) is 0 Å². The van der Waals surface area contributed by atoms with Crippen molar-refractivity contribution < 1.29 is 34.6 Å². The maximum absolute atomic E-state index is 10.2. The molecule has 0 aliphatic heterocycles. The Balaban J connectivity index is 0.000000324. The fourth-order valence-electron chi connectivity index (χ4n) is 1.06. The fourth-order valence-corrected chi connectivity index (χ4v) is 1.82. The molecule has 0 bridgehead atoms. The minimum absolute atomic E-state index is 0. The summed E-state index contributed by atoms with van der Waals surface area (Å²) in [6.07, 6.45) is 0. The van der Waals surface area contributed by atoms with Crippen LogP contribution >= 0.6 is 0 Å². The van der Waals surface area contributed by atoms with Gasteiger partial charge in [-0.3, -0.25) is 8.42 Å². The third kappa shape index (κ3) is 7.37. The second kappa shape index (κ2) is 10.0. The van der Waals surface area contributed by atoms with E-state index >= 15 is 0 Å². The zero-order valence-electron chi connectivity index (χ0n) is 9.58. The third-order valence-corrected chi connectivity index (χ3v) is 3.19. The molecule has 0 fully saturated rings. The van der Waals surface area contributed by atoms with Crippen LogP contribution in [-0.2, 0) is 39.2 Å². The van der Waals surface area contributed by atoms with Crippen LogP contribution in [0.2, 0.25) is 0 Å². The Morgan fingerprint density at radius 1 is 0.632 bits per heavy atom. The number of hydrogen-bond acceptors (Lipinski definition) is 4. The average molecular weight is 338 g/mol. The minimum Gasteiger partial charge on any atom is -0.768 e. The van der Waals surface area contributed by atoms with Crippen molar-refractivity contribution in [3.05, 3.63) is 60.7 Å². The molecule has 0 heterocycles. The minimum atomic E-state index is -2.08. The summed E-state index contributed by atoms with van der Waals surface area (Å²) in [5, 5.41) is 0. The summed E-state index contributed by atoms with van der Waals surface area (Å²) in [5.74, 6) is 0. The van der Waals surface area contributed by atoms with E-state index in [0.717, 1.165) is 0 Å². The van der Waals surface area contributed by atoms with Gasteiger partial charge in [-0.25, -0.2) is 0 Å². The van der Waals surface area contributed by atoms with E-state index in [1.165, 1.54) is 0 Å². The second-order valence-electron chi connectivity index (χ2n) is 3.10. The van der Waals surface area contributed by atoms with Crippen molar-refractivity contribution in [3.8, 4) is 0 Å². The second-order valence-corrected chi connectivity index (χ2v) is 4.98. The molecule has 0 saturated carbocycles. The fraction of sp³-hybridized carbons (Fsp3) is 0. The molecule has 2 aromatic rings. The van der Waals surface area contributed by atoms with E-state index in [0.29, 0.717) is 9.79 Å². The van der Waals surface area contributed by atoms with Crippen molar-refractivity contribution >= 4 is 22.2 Å². The quantitative estimate of drug-likeness (QED) is 0.618. The molecule has 0 saturated heterocycles. The van der Waals surface area contributed by atoms with Gasteiger partial charge >= 0.3 is 17.1 Å². The van der Waals surface area contributed by atoms with Crippen molar-refractivity contribution in [1.82, 2.24) is 0 Å². The topological polar surface area (TPSA) is 80.3 Å². The Bertz CT molecular complexity index is 470. The van der Waals surface area contributed by atoms with E-state index in [1.807, 2.05) is 0 Å². The van der Waals surface area contributed by atoms with E-state index in [1.54, 1.807) is 60.7 Å². The van der Waals surface area contributed by atoms with Crippen molar-refractivity contribution in [2.24, 2.45) is 0 Å². The van der Waals surface area contributed by atoms with Crippen LogP contribution in [0.5, 0.6) is 0 Å². The molecule has 19 heavy (non-hydrogen) atoms. The monoisotopic (exact) mass is 338 g/mol. The van der Waals surface area contributed by atoms with Crippen LogP contribution in [-0.4, -0.2) is 17.5 Å². The summed E-state index contributed by atoms with van der Waals surface area (Å²) < 4.78 is 40.8. The van der Waals surface area contributed by atoms with Gasteiger partial charge in [0.2, 0.25) is 0 Å². The zero-order chi connectivity index (χ0) is 13.4. The van der Waals surface area contributed by atoms with Crippen LogP contribution in [0.3, 0.4) is 0 Å².